The van der Waals surface area contributed by atoms with Gasteiger partial charge in [-0.25, -0.2) is 8.78 Å². The fraction of sp³-hybridized carbons (Fsp3) is 0.588. The zero-order chi connectivity index (χ0) is 16.0. The molecule has 0 radical (unpaired) electrons. The maximum atomic E-state index is 13.9. The third-order valence-corrected chi connectivity index (χ3v) is 4.34. The van der Waals surface area contributed by atoms with Gasteiger partial charge in [0.05, 0.1) is 0 Å². The fourth-order valence-corrected chi connectivity index (χ4v) is 2.93. The van der Waals surface area contributed by atoms with Gasteiger partial charge in [-0.05, 0) is 18.4 Å². The summed E-state index contributed by atoms with van der Waals surface area (Å²) < 4.78 is 27.9. The van der Waals surface area contributed by atoms with Crippen LogP contribution in [-0.4, -0.2) is 18.4 Å². The van der Waals surface area contributed by atoms with Crippen LogP contribution in [0.5, 0.6) is 0 Å². The van der Waals surface area contributed by atoms with Crippen molar-refractivity contribution in [2.45, 2.75) is 50.5 Å². The summed E-state index contributed by atoms with van der Waals surface area (Å²) >= 11 is 0. The highest BCUT2D eigenvalue weighted by atomic mass is 35.5. The molecule has 1 aromatic rings. The van der Waals surface area contributed by atoms with E-state index in [-0.39, 0.29) is 43.7 Å². The van der Waals surface area contributed by atoms with Gasteiger partial charge < -0.3 is 11.1 Å². The number of nitrogens with one attached hydrogen (secondary N) is 1. The summed E-state index contributed by atoms with van der Waals surface area (Å²) in [5, 5.41) is 2.69. The van der Waals surface area contributed by atoms with E-state index in [1.165, 1.54) is 0 Å². The summed E-state index contributed by atoms with van der Waals surface area (Å²) in [6.45, 7) is 0.265. The summed E-state index contributed by atoms with van der Waals surface area (Å²) in [6.07, 6.45) is 2.35. The lowest BCUT2D eigenvalue weighted by molar-refractivity contribution is -0.127. The maximum absolute atomic E-state index is 13.9. The number of carbonyl (C=O) groups is 1. The van der Waals surface area contributed by atoms with E-state index in [9.17, 15) is 13.6 Å². The van der Waals surface area contributed by atoms with Crippen LogP contribution in [0.25, 0.3) is 0 Å². The first-order chi connectivity index (χ1) is 10.5. The number of hydrogen-bond donors (Lipinski definition) is 2. The van der Waals surface area contributed by atoms with Gasteiger partial charge in [-0.2, -0.15) is 0 Å². The molecule has 1 aromatic carbocycles. The van der Waals surface area contributed by atoms with Crippen LogP contribution in [0.1, 0.15) is 50.1 Å². The lowest BCUT2D eigenvalue weighted by Crippen LogP contribution is -2.36. The van der Waals surface area contributed by atoms with Crippen molar-refractivity contribution in [3.63, 3.8) is 0 Å². The second-order valence-electron chi connectivity index (χ2n) is 6.08. The van der Waals surface area contributed by atoms with Crippen LogP contribution in [-0.2, 0) is 4.79 Å². The Balaban J connectivity index is 0.00000264. The highest BCUT2D eigenvalue weighted by molar-refractivity contribution is 5.85. The third kappa shape index (κ3) is 6.07. The minimum absolute atomic E-state index is 0. The van der Waals surface area contributed by atoms with Crippen molar-refractivity contribution in [3.05, 3.63) is 35.9 Å². The zero-order valence-electron chi connectivity index (χ0n) is 13.1. The Morgan fingerprint density at radius 3 is 2.65 bits per heavy atom. The Morgan fingerprint density at radius 1 is 1.26 bits per heavy atom. The summed E-state index contributed by atoms with van der Waals surface area (Å²) in [5.41, 5.74) is 6.91. The molecule has 0 aliphatic heterocycles. The van der Waals surface area contributed by atoms with Crippen LogP contribution in [0.4, 0.5) is 8.78 Å². The second kappa shape index (κ2) is 9.18. The normalized spacial score (nSPS) is 21.6. The van der Waals surface area contributed by atoms with Crippen molar-refractivity contribution in [2.24, 2.45) is 11.7 Å². The monoisotopic (exact) mass is 346 g/mol. The highest BCUT2D eigenvalue weighted by Gasteiger charge is 2.40. The number of carbonyl (C=O) groups excluding carboxylic acids is 1. The number of amides is 1. The minimum atomic E-state index is -2.73. The quantitative estimate of drug-likeness (QED) is 0.796. The Labute approximate surface area is 142 Å². The van der Waals surface area contributed by atoms with Crippen molar-refractivity contribution in [1.82, 2.24) is 5.32 Å². The lowest BCUT2D eigenvalue weighted by atomic mass is 9.92. The van der Waals surface area contributed by atoms with Crippen LogP contribution >= 0.6 is 12.4 Å². The molecule has 2 unspecified atom stereocenters. The smallest absolute Gasteiger partial charge is 0.251 e. The summed E-state index contributed by atoms with van der Waals surface area (Å²) in [5.74, 6) is -3.91. The van der Waals surface area contributed by atoms with E-state index in [0.29, 0.717) is 12.8 Å². The molecule has 0 heterocycles. The Kier molecular flexibility index (Phi) is 7.92. The molecule has 2 rings (SSSR count). The molecule has 0 spiro atoms. The number of nitrogens with two attached hydrogens (primary N) is 1. The molecule has 2 atom stereocenters. The largest absolute Gasteiger partial charge is 0.354 e. The molecule has 130 valence electrons. The minimum Gasteiger partial charge on any atom is -0.354 e. The maximum Gasteiger partial charge on any atom is 0.251 e. The van der Waals surface area contributed by atoms with Gasteiger partial charge in [0, 0.05) is 31.3 Å². The van der Waals surface area contributed by atoms with Crippen molar-refractivity contribution in [1.29, 1.82) is 0 Å². The van der Waals surface area contributed by atoms with Gasteiger partial charge in [0.1, 0.15) is 0 Å². The molecule has 3 nitrogen and oxygen atoms in total. The van der Waals surface area contributed by atoms with E-state index in [2.05, 4.69) is 5.32 Å². The molecule has 1 fully saturated rings. The Hall–Kier alpha value is -1.20. The van der Waals surface area contributed by atoms with Crippen LogP contribution in [0.3, 0.4) is 0 Å². The third-order valence-electron chi connectivity index (χ3n) is 4.34. The predicted octanol–water partition coefficient (Wildman–Crippen LogP) is 3.83. The first kappa shape index (κ1) is 19.8. The van der Waals surface area contributed by atoms with E-state index in [1.54, 1.807) is 0 Å². The van der Waals surface area contributed by atoms with E-state index in [4.69, 9.17) is 5.73 Å². The fourth-order valence-electron chi connectivity index (χ4n) is 2.93. The van der Waals surface area contributed by atoms with Crippen molar-refractivity contribution in [2.75, 3.05) is 6.54 Å². The molecule has 0 bridgehead atoms. The van der Waals surface area contributed by atoms with Gasteiger partial charge in [0.2, 0.25) is 5.91 Å². The first-order valence-corrected chi connectivity index (χ1v) is 7.94. The van der Waals surface area contributed by atoms with Gasteiger partial charge in [-0.3, -0.25) is 4.79 Å². The van der Waals surface area contributed by atoms with Gasteiger partial charge in [-0.15, -0.1) is 12.4 Å². The molecular formula is C17H25ClF2N2O. The Morgan fingerprint density at radius 2 is 1.96 bits per heavy atom. The topological polar surface area (TPSA) is 55.1 Å². The molecule has 0 aromatic heterocycles. The standard InChI is InChI=1S/C17H24F2N2O.ClH/c18-17(19)10-6-2-5-9-14(17)11-16(22)21-12-15(20)13-7-3-1-4-8-13;/h1,3-4,7-8,14-15H,2,5-6,9-12,20H2,(H,21,22);1H. The van der Waals surface area contributed by atoms with Gasteiger partial charge in [-0.1, -0.05) is 43.2 Å². The number of rotatable bonds is 5. The molecule has 6 heteroatoms. The molecule has 0 saturated heterocycles. The number of hydrogen-bond acceptors (Lipinski definition) is 2. The average molecular weight is 347 g/mol. The lowest BCUT2D eigenvalue weighted by Gasteiger charge is -2.24. The van der Waals surface area contributed by atoms with Crippen molar-refractivity contribution >= 4 is 18.3 Å². The van der Waals surface area contributed by atoms with E-state index in [1.807, 2.05) is 30.3 Å². The SMILES string of the molecule is Cl.NC(CNC(=O)CC1CCCCCC1(F)F)c1ccccc1. The number of alkyl halides is 2. The second-order valence-corrected chi connectivity index (χ2v) is 6.08. The molecule has 3 N–H and O–H groups in total. The predicted molar refractivity (Wildman–Crippen MR) is 89.8 cm³/mol. The van der Waals surface area contributed by atoms with Gasteiger partial charge >= 0.3 is 0 Å². The van der Waals surface area contributed by atoms with E-state index >= 15 is 0 Å². The highest BCUT2D eigenvalue weighted by Crippen LogP contribution is 2.38. The van der Waals surface area contributed by atoms with Crippen molar-refractivity contribution < 1.29 is 13.6 Å². The first-order valence-electron chi connectivity index (χ1n) is 7.94. The average Bonchev–Trinajstić information content (AvgIpc) is 2.67. The van der Waals surface area contributed by atoms with Gasteiger partial charge in [0.25, 0.3) is 5.92 Å². The number of benzene rings is 1. The molecule has 1 aliphatic carbocycles. The van der Waals surface area contributed by atoms with E-state index in [0.717, 1.165) is 18.4 Å². The molecule has 23 heavy (non-hydrogen) atoms. The van der Waals surface area contributed by atoms with Crippen molar-refractivity contribution in [3.8, 4) is 0 Å². The zero-order valence-corrected chi connectivity index (χ0v) is 14.0. The molecule has 1 aliphatic rings. The van der Waals surface area contributed by atoms with Crippen LogP contribution < -0.4 is 11.1 Å². The molecule has 1 amide bonds. The summed E-state index contributed by atoms with van der Waals surface area (Å²) in [4.78, 5) is 11.9. The van der Waals surface area contributed by atoms with Crippen LogP contribution in [0.2, 0.25) is 0 Å². The van der Waals surface area contributed by atoms with Crippen LogP contribution in [0, 0.1) is 5.92 Å². The number of halogens is 3. The Bertz CT molecular complexity index is 485. The molecular weight excluding hydrogens is 322 g/mol. The summed E-state index contributed by atoms with van der Waals surface area (Å²) in [7, 11) is 0. The summed E-state index contributed by atoms with van der Waals surface area (Å²) in [6, 6.07) is 9.10. The van der Waals surface area contributed by atoms with E-state index < -0.39 is 11.8 Å². The van der Waals surface area contributed by atoms with Gasteiger partial charge in [0.15, 0.2) is 0 Å². The molecule has 1 saturated carbocycles. The van der Waals surface area contributed by atoms with Crippen LogP contribution in [0.15, 0.2) is 30.3 Å².